The molecular weight excluding hydrogens is 272 g/mol. The lowest BCUT2D eigenvalue weighted by Gasteiger charge is -2.15. The first-order valence-electron chi connectivity index (χ1n) is 7.78. The van der Waals surface area contributed by atoms with E-state index in [9.17, 15) is 0 Å². The maximum Gasteiger partial charge on any atom is 0.204 e. The van der Waals surface area contributed by atoms with Gasteiger partial charge in [0.15, 0.2) is 0 Å². The van der Waals surface area contributed by atoms with Crippen LogP contribution in [0.3, 0.4) is 0 Å². The van der Waals surface area contributed by atoms with Crippen LogP contribution in [0.5, 0.6) is 0 Å². The fraction of sp³-hybridized carbons (Fsp3) is 0.316. The lowest BCUT2D eigenvalue weighted by molar-refractivity contribution is -0.466. The second-order valence-electron chi connectivity index (χ2n) is 5.79. The van der Waals surface area contributed by atoms with Gasteiger partial charge in [-0.15, -0.1) is 0 Å². The molecule has 0 radical (unpaired) electrons. The first-order valence-corrected chi connectivity index (χ1v) is 7.78. The molecule has 1 aliphatic heterocycles. The SMILES string of the molecule is CCNc1cc2oc3c(C)c(=[NH+]C)ccc-3c(C)c2cc1C. The Kier molecular flexibility index (Phi) is 3.65. The zero-order valence-corrected chi connectivity index (χ0v) is 13.9. The van der Waals surface area contributed by atoms with Crippen molar-refractivity contribution in [3.05, 3.63) is 46.3 Å². The van der Waals surface area contributed by atoms with Crippen LogP contribution in [0.25, 0.3) is 22.3 Å². The van der Waals surface area contributed by atoms with Gasteiger partial charge in [0.1, 0.15) is 18.4 Å². The van der Waals surface area contributed by atoms with Crippen molar-refractivity contribution in [2.45, 2.75) is 27.7 Å². The predicted octanol–water partition coefficient (Wildman–Crippen LogP) is 2.51. The van der Waals surface area contributed by atoms with Gasteiger partial charge in [-0.2, -0.15) is 0 Å². The molecule has 0 spiro atoms. The highest BCUT2D eigenvalue weighted by molar-refractivity contribution is 5.91. The van der Waals surface area contributed by atoms with Gasteiger partial charge in [0.05, 0.1) is 5.56 Å². The smallest absolute Gasteiger partial charge is 0.204 e. The number of aryl methyl sites for hydroxylation is 2. The molecule has 3 rings (SSSR count). The molecule has 0 atom stereocenters. The molecule has 0 fully saturated rings. The van der Waals surface area contributed by atoms with Gasteiger partial charge >= 0.3 is 0 Å². The van der Waals surface area contributed by atoms with Gasteiger partial charge in [0.25, 0.3) is 0 Å². The van der Waals surface area contributed by atoms with Crippen molar-refractivity contribution in [2.24, 2.45) is 0 Å². The van der Waals surface area contributed by atoms with Crippen LogP contribution in [0.2, 0.25) is 0 Å². The molecule has 2 N–H and O–H groups in total. The van der Waals surface area contributed by atoms with Gasteiger partial charge in [0.2, 0.25) is 5.36 Å². The summed E-state index contributed by atoms with van der Waals surface area (Å²) in [5.74, 6) is 0.961. The minimum atomic E-state index is 0.905. The minimum absolute atomic E-state index is 0.905. The predicted molar refractivity (Wildman–Crippen MR) is 91.2 cm³/mol. The van der Waals surface area contributed by atoms with Crippen molar-refractivity contribution >= 4 is 16.7 Å². The molecule has 22 heavy (non-hydrogen) atoms. The van der Waals surface area contributed by atoms with Gasteiger partial charge in [-0.1, -0.05) is 0 Å². The minimum Gasteiger partial charge on any atom is -0.455 e. The number of hydrogen-bond acceptors (Lipinski definition) is 2. The van der Waals surface area contributed by atoms with E-state index >= 15 is 0 Å². The van der Waals surface area contributed by atoms with Gasteiger partial charge in [0, 0.05) is 35.3 Å². The Balaban J connectivity index is 2.42. The van der Waals surface area contributed by atoms with E-state index in [4.69, 9.17) is 4.42 Å². The monoisotopic (exact) mass is 295 g/mol. The van der Waals surface area contributed by atoms with Crippen molar-refractivity contribution in [3.63, 3.8) is 0 Å². The topological polar surface area (TPSA) is 39.1 Å². The third-order valence-electron chi connectivity index (χ3n) is 4.39. The Morgan fingerprint density at radius 3 is 2.55 bits per heavy atom. The maximum absolute atomic E-state index is 6.26. The molecule has 0 saturated heterocycles. The van der Waals surface area contributed by atoms with E-state index in [-0.39, 0.29) is 0 Å². The molecular formula is C19H23N2O+. The van der Waals surface area contributed by atoms with Crippen LogP contribution in [0.1, 0.15) is 23.6 Å². The van der Waals surface area contributed by atoms with Gasteiger partial charge in [-0.3, -0.25) is 0 Å². The van der Waals surface area contributed by atoms with Gasteiger partial charge in [-0.05, 0) is 51.0 Å². The maximum atomic E-state index is 6.26. The number of benzene rings is 2. The van der Waals surface area contributed by atoms with Crippen LogP contribution in [0, 0.1) is 20.8 Å². The molecule has 3 nitrogen and oxygen atoms in total. The van der Waals surface area contributed by atoms with Crippen LogP contribution in [-0.2, 0) is 0 Å². The van der Waals surface area contributed by atoms with Crippen LogP contribution in [0.4, 0.5) is 5.69 Å². The van der Waals surface area contributed by atoms with E-state index in [0.29, 0.717) is 0 Å². The van der Waals surface area contributed by atoms with E-state index in [1.165, 1.54) is 22.1 Å². The summed E-state index contributed by atoms with van der Waals surface area (Å²) in [6.07, 6.45) is 0. The van der Waals surface area contributed by atoms with Crippen LogP contribution in [-0.4, -0.2) is 13.6 Å². The Labute approximate surface area is 131 Å². The second-order valence-corrected chi connectivity index (χ2v) is 5.79. The summed E-state index contributed by atoms with van der Waals surface area (Å²) < 4.78 is 6.26. The number of rotatable bonds is 2. The third kappa shape index (κ3) is 2.17. The molecule has 1 heterocycles. The fourth-order valence-electron chi connectivity index (χ4n) is 3.09. The number of anilines is 1. The molecule has 1 aliphatic carbocycles. The molecule has 0 amide bonds. The molecule has 3 heteroatoms. The highest BCUT2D eigenvalue weighted by Crippen LogP contribution is 2.35. The van der Waals surface area contributed by atoms with E-state index in [1.54, 1.807) is 0 Å². The van der Waals surface area contributed by atoms with Gasteiger partial charge < -0.3 is 9.73 Å². The number of hydrogen-bond donors (Lipinski definition) is 2. The van der Waals surface area contributed by atoms with Crippen molar-refractivity contribution in [1.82, 2.24) is 0 Å². The highest BCUT2D eigenvalue weighted by atomic mass is 16.3. The molecule has 0 aromatic heterocycles. The fourth-order valence-corrected chi connectivity index (χ4v) is 3.09. The molecule has 2 aliphatic rings. The average molecular weight is 295 g/mol. The molecule has 0 unspecified atom stereocenters. The highest BCUT2D eigenvalue weighted by Gasteiger charge is 2.17. The standard InChI is InChI=1S/C19H22N2O/c1-6-21-17-10-18-15(9-11(17)2)12(3)14-7-8-16(20-5)13(4)19(14)22-18/h7-10,21H,6H2,1-5H3/p+1. The Morgan fingerprint density at radius 2 is 1.86 bits per heavy atom. The van der Waals surface area contributed by atoms with Crippen LogP contribution < -0.4 is 15.7 Å². The van der Waals surface area contributed by atoms with E-state index < -0.39 is 0 Å². The van der Waals surface area contributed by atoms with Crippen molar-refractivity contribution in [2.75, 3.05) is 18.9 Å². The van der Waals surface area contributed by atoms with Crippen LogP contribution in [0.15, 0.2) is 28.7 Å². The number of fused-ring (bicyclic) bond motifs is 2. The lowest BCUT2D eigenvalue weighted by atomic mass is 9.96. The summed E-state index contributed by atoms with van der Waals surface area (Å²) >= 11 is 0. The van der Waals surface area contributed by atoms with Crippen molar-refractivity contribution in [1.29, 1.82) is 0 Å². The molecule has 0 bridgehead atoms. The third-order valence-corrected chi connectivity index (χ3v) is 4.39. The van der Waals surface area contributed by atoms with E-state index in [0.717, 1.165) is 34.5 Å². The second kappa shape index (κ2) is 5.48. The largest absolute Gasteiger partial charge is 0.455 e. The van der Waals surface area contributed by atoms with E-state index in [1.807, 2.05) is 7.05 Å². The van der Waals surface area contributed by atoms with Gasteiger partial charge in [-0.25, -0.2) is 4.99 Å². The molecule has 114 valence electrons. The summed E-state index contributed by atoms with van der Waals surface area (Å²) in [6, 6.07) is 8.59. The molecule has 0 saturated carbocycles. The first kappa shape index (κ1) is 14.6. The Bertz CT molecular complexity index is 890. The summed E-state index contributed by atoms with van der Waals surface area (Å²) in [7, 11) is 1.94. The Hall–Kier alpha value is -2.29. The lowest BCUT2D eigenvalue weighted by Crippen LogP contribution is -2.72. The van der Waals surface area contributed by atoms with Crippen molar-refractivity contribution in [3.8, 4) is 11.3 Å². The first-order chi connectivity index (χ1) is 10.6. The summed E-state index contributed by atoms with van der Waals surface area (Å²) in [5, 5.41) is 5.69. The quantitative estimate of drug-likeness (QED) is 0.713. The zero-order chi connectivity index (χ0) is 15.9. The molecule has 1 aromatic rings. The van der Waals surface area contributed by atoms with Crippen molar-refractivity contribution < 1.29 is 9.41 Å². The summed E-state index contributed by atoms with van der Waals surface area (Å²) in [6.45, 7) is 9.42. The molecule has 1 aromatic carbocycles. The Morgan fingerprint density at radius 1 is 1.09 bits per heavy atom. The summed E-state index contributed by atoms with van der Waals surface area (Å²) in [4.78, 5) is 3.22. The van der Waals surface area contributed by atoms with E-state index in [2.05, 4.69) is 62.3 Å². The zero-order valence-electron chi connectivity index (χ0n) is 13.9. The average Bonchev–Trinajstić information content (AvgIpc) is 2.51. The van der Waals surface area contributed by atoms with Crippen LogP contribution >= 0.6 is 0 Å². The summed E-state index contributed by atoms with van der Waals surface area (Å²) in [5.41, 5.74) is 6.92. The normalized spacial score (nSPS) is 12.3. The number of nitrogens with one attached hydrogen (secondary N) is 2.